The average molecular weight is 241 g/mol. The van der Waals surface area contributed by atoms with Gasteiger partial charge in [0.1, 0.15) is 5.76 Å². The van der Waals surface area contributed by atoms with Crippen LogP contribution in [-0.4, -0.2) is 13.1 Å². The molecule has 3 rings (SSSR count). The van der Waals surface area contributed by atoms with E-state index in [9.17, 15) is 0 Å². The molecule has 1 aromatic heterocycles. The van der Waals surface area contributed by atoms with Crippen molar-refractivity contribution in [3.8, 4) is 0 Å². The summed E-state index contributed by atoms with van der Waals surface area (Å²) in [5.41, 5.74) is 3.03. The fourth-order valence-corrected chi connectivity index (χ4v) is 3.10. The number of likely N-dealkylation sites (N-methyl/N-ethyl adjacent to an activating group) is 1. The highest BCUT2D eigenvalue weighted by atomic mass is 16.3. The molecule has 0 fully saturated rings. The first-order valence-corrected chi connectivity index (χ1v) is 6.66. The molecule has 0 aliphatic heterocycles. The Morgan fingerprint density at radius 1 is 1.28 bits per heavy atom. The van der Waals surface area contributed by atoms with Gasteiger partial charge in [-0.1, -0.05) is 24.3 Å². The molecule has 0 bridgehead atoms. The summed E-state index contributed by atoms with van der Waals surface area (Å²) < 4.78 is 5.47. The zero-order valence-electron chi connectivity index (χ0n) is 10.7. The number of benzene rings is 1. The van der Waals surface area contributed by atoms with Gasteiger partial charge in [0.05, 0.1) is 6.26 Å². The number of nitrogens with one attached hydrogen (secondary N) is 1. The van der Waals surface area contributed by atoms with Crippen LogP contribution in [0.15, 0.2) is 47.1 Å². The van der Waals surface area contributed by atoms with Crippen molar-refractivity contribution in [2.45, 2.75) is 31.2 Å². The number of hydrogen-bond acceptors (Lipinski definition) is 2. The van der Waals surface area contributed by atoms with E-state index in [0.29, 0.717) is 12.0 Å². The van der Waals surface area contributed by atoms with Gasteiger partial charge in [-0.25, -0.2) is 0 Å². The zero-order valence-corrected chi connectivity index (χ0v) is 10.7. The summed E-state index contributed by atoms with van der Waals surface area (Å²) >= 11 is 0. The van der Waals surface area contributed by atoms with Crippen molar-refractivity contribution < 1.29 is 4.42 Å². The summed E-state index contributed by atoms with van der Waals surface area (Å²) in [6.45, 7) is 0. The molecule has 1 aromatic carbocycles. The van der Waals surface area contributed by atoms with Crippen LogP contribution in [0.2, 0.25) is 0 Å². The topological polar surface area (TPSA) is 25.2 Å². The molecule has 94 valence electrons. The fraction of sp³-hybridized carbons (Fsp3) is 0.375. The molecule has 2 aromatic rings. The van der Waals surface area contributed by atoms with Crippen LogP contribution in [-0.2, 0) is 12.8 Å². The Labute approximate surface area is 108 Å². The third kappa shape index (κ3) is 2.08. The third-order valence-electron chi connectivity index (χ3n) is 4.04. The second-order valence-electron chi connectivity index (χ2n) is 5.02. The van der Waals surface area contributed by atoms with Crippen molar-refractivity contribution in [2.75, 3.05) is 7.05 Å². The van der Waals surface area contributed by atoms with E-state index in [2.05, 4.69) is 42.7 Å². The van der Waals surface area contributed by atoms with Gasteiger partial charge in [0.25, 0.3) is 0 Å². The van der Waals surface area contributed by atoms with E-state index in [-0.39, 0.29) is 0 Å². The molecule has 1 aliphatic rings. The maximum Gasteiger partial charge on any atom is 0.105 e. The molecule has 18 heavy (non-hydrogen) atoms. The maximum atomic E-state index is 5.47. The van der Waals surface area contributed by atoms with Gasteiger partial charge in [0.15, 0.2) is 0 Å². The van der Waals surface area contributed by atoms with Gasteiger partial charge in [-0.2, -0.15) is 0 Å². The number of rotatable bonds is 4. The number of aryl methyl sites for hydroxylation is 1. The van der Waals surface area contributed by atoms with Gasteiger partial charge in [-0.05, 0) is 43.1 Å². The first-order chi connectivity index (χ1) is 8.88. The van der Waals surface area contributed by atoms with Crippen molar-refractivity contribution in [3.63, 3.8) is 0 Å². The van der Waals surface area contributed by atoms with E-state index in [1.165, 1.54) is 24.0 Å². The quantitative estimate of drug-likeness (QED) is 0.889. The largest absolute Gasteiger partial charge is 0.469 e. The predicted octanol–water partition coefficient (Wildman–Crippen LogP) is 3.14. The van der Waals surface area contributed by atoms with Crippen LogP contribution < -0.4 is 5.32 Å². The molecule has 1 N–H and O–H groups in total. The van der Waals surface area contributed by atoms with E-state index in [0.717, 1.165) is 12.2 Å². The lowest BCUT2D eigenvalue weighted by Gasteiger charge is -2.23. The minimum absolute atomic E-state index is 0.458. The van der Waals surface area contributed by atoms with Gasteiger partial charge in [-0.15, -0.1) is 0 Å². The van der Waals surface area contributed by atoms with Gasteiger partial charge >= 0.3 is 0 Å². The Balaban J connectivity index is 1.81. The molecular formula is C16H19NO. The molecule has 1 aliphatic carbocycles. The van der Waals surface area contributed by atoms with E-state index in [1.807, 2.05) is 6.07 Å². The van der Waals surface area contributed by atoms with Crippen molar-refractivity contribution in [3.05, 3.63) is 59.5 Å². The Morgan fingerprint density at radius 3 is 2.94 bits per heavy atom. The fourth-order valence-electron chi connectivity index (χ4n) is 3.10. The van der Waals surface area contributed by atoms with Crippen LogP contribution >= 0.6 is 0 Å². The maximum absolute atomic E-state index is 5.47. The SMILES string of the molecule is CNC(Cc1ccco1)C1CCc2ccccc21. The first kappa shape index (κ1) is 11.5. The standard InChI is InChI=1S/C16H19NO/c1-17-16(11-13-6-4-10-18-13)15-9-8-12-5-2-3-7-14(12)15/h2-7,10,15-17H,8-9,11H2,1H3. The average Bonchev–Trinajstić information content (AvgIpc) is 3.05. The van der Waals surface area contributed by atoms with Crippen molar-refractivity contribution in [1.29, 1.82) is 0 Å². The smallest absolute Gasteiger partial charge is 0.105 e. The van der Waals surface area contributed by atoms with Gasteiger partial charge in [0.2, 0.25) is 0 Å². The Hall–Kier alpha value is -1.54. The molecule has 0 saturated carbocycles. The molecule has 2 nitrogen and oxygen atoms in total. The molecule has 2 heteroatoms. The van der Waals surface area contributed by atoms with Crippen molar-refractivity contribution >= 4 is 0 Å². The number of hydrogen-bond donors (Lipinski definition) is 1. The lowest BCUT2D eigenvalue weighted by molar-refractivity contribution is 0.410. The molecule has 0 spiro atoms. The predicted molar refractivity (Wildman–Crippen MR) is 72.8 cm³/mol. The lowest BCUT2D eigenvalue weighted by atomic mass is 9.90. The second-order valence-corrected chi connectivity index (χ2v) is 5.02. The molecule has 0 amide bonds. The van der Waals surface area contributed by atoms with E-state index >= 15 is 0 Å². The minimum Gasteiger partial charge on any atom is -0.469 e. The highest BCUT2D eigenvalue weighted by Gasteiger charge is 2.29. The van der Waals surface area contributed by atoms with Crippen LogP contribution in [0.4, 0.5) is 0 Å². The lowest BCUT2D eigenvalue weighted by Crippen LogP contribution is -2.33. The summed E-state index contributed by atoms with van der Waals surface area (Å²) in [4.78, 5) is 0. The summed E-state index contributed by atoms with van der Waals surface area (Å²) in [5, 5.41) is 3.46. The molecule has 0 saturated heterocycles. The van der Waals surface area contributed by atoms with E-state index in [1.54, 1.807) is 6.26 Å². The van der Waals surface area contributed by atoms with Gasteiger partial charge in [0, 0.05) is 18.4 Å². The summed E-state index contributed by atoms with van der Waals surface area (Å²) in [6.07, 6.45) is 5.16. The molecule has 2 unspecified atom stereocenters. The van der Waals surface area contributed by atoms with Crippen LogP contribution in [0.1, 0.15) is 29.2 Å². The Bertz CT molecular complexity index is 504. The van der Waals surface area contributed by atoms with Crippen LogP contribution in [0.5, 0.6) is 0 Å². The molecule has 1 heterocycles. The van der Waals surface area contributed by atoms with Gasteiger partial charge < -0.3 is 9.73 Å². The van der Waals surface area contributed by atoms with Crippen molar-refractivity contribution in [2.24, 2.45) is 0 Å². The van der Waals surface area contributed by atoms with Crippen LogP contribution in [0.25, 0.3) is 0 Å². The van der Waals surface area contributed by atoms with Crippen molar-refractivity contribution in [1.82, 2.24) is 5.32 Å². The Morgan fingerprint density at radius 2 is 2.17 bits per heavy atom. The van der Waals surface area contributed by atoms with E-state index in [4.69, 9.17) is 4.42 Å². The van der Waals surface area contributed by atoms with Gasteiger partial charge in [-0.3, -0.25) is 0 Å². The molecule has 0 radical (unpaired) electrons. The molecule has 2 atom stereocenters. The zero-order chi connectivity index (χ0) is 12.4. The first-order valence-electron chi connectivity index (χ1n) is 6.66. The highest BCUT2D eigenvalue weighted by Crippen LogP contribution is 2.36. The van der Waals surface area contributed by atoms with E-state index < -0.39 is 0 Å². The Kier molecular flexibility index (Phi) is 3.20. The second kappa shape index (κ2) is 4.99. The minimum atomic E-state index is 0.458. The summed E-state index contributed by atoms with van der Waals surface area (Å²) in [6, 6.07) is 13.3. The van der Waals surface area contributed by atoms with Crippen LogP contribution in [0.3, 0.4) is 0 Å². The highest BCUT2D eigenvalue weighted by molar-refractivity contribution is 5.36. The van der Waals surface area contributed by atoms with Crippen LogP contribution in [0, 0.1) is 0 Å². The normalized spacial score (nSPS) is 19.7. The summed E-state index contributed by atoms with van der Waals surface area (Å²) in [7, 11) is 2.05. The molecular weight excluding hydrogens is 222 g/mol. The number of furan rings is 1. The third-order valence-corrected chi connectivity index (χ3v) is 4.04. The monoisotopic (exact) mass is 241 g/mol. The summed E-state index contributed by atoms with van der Waals surface area (Å²) in [5.74, 6) is 1.68. The number of fused-ring (bicyclic) bond motifs is 1.